The lowest BCUT2D eigenvalue weighted by Gasteiger charge is -2.34. The van der Waals surface area contributed by atoms with Gasteiger partial charge in [0.2, 0.25) is 5.91 Å². The maximum Gasteiger partial charge on any atom is 0.338 e. The van der Waals surface area contributed by atoms with E-state index in [-0.39, 0.29) is 23.1 Å². The topological polar surface area (TPSA) is 113 Å². The zero-order valence-corrected chi connectivity index (χ0v) is 15.5. The Labute approximate surface area is 156 Å². The Kier molecular flexibility index (Phi) is 6.32. The molecule has 2 amide bonds. The number of nitrogens with zero attached hydrogens (tertiary/aromatic N) is 4. The summed E-state index contributed by atoms with van der Waals surface area (Å²) in [6.45, 7) is 2.64. The molecule has 1 saturated heterocycles. The van der Waals surface area contributed by atoms with Crippen LogP contribution in [0.4, 0.5) is 11.4 Å². The van der Waals surface area contributed by atoms with Crippen LogP contribution in [0.1, 0.15) is 17.3 Å². The molecule has 27 heavy (non-hydrogen) atoms. The second kappa shape index (κ2) is 8.47. The monoisotopic (exact) mass is 378 g/mol. The van der Waals surface area contributed by atoms with Crippen LogP contribution in [-0.2, 0) is 14.3 Å². The average molecular weight is 378 g/mol. The standard InChI is InChI=1S/C17H22N4O6/c1-12(22)19-6-8-20(9-7-19)16(23)11-27-17(24)13-4-5-14(18(2)3)15(10-13)21(25)26/h4-5,10H,6-9,11H2,1-3H3. The molecule has 1 fully saturated rings. The first-order chi connectivity index (χ1) is 12.7. The van der Waals surface area contributed by atoms with E-state index in [0.29, 0.717) is 31.9 Å². The predicted molar refractivity (Wildman–Crippen MR) is 96.5 cm³/mol. The molecule has 0 aliphatic carbocycles. The van der Waals surface area contributed by atoms with Gasteiger partial charge in [0.05, 0.1) is 10.5 Å². The maximum absolute atomic E-state index is 12.2. The van der Waals surface area contributed by atoms with Crippen LogP contribution >= 0.6 is 0 Å². The highest BCUT2D eigenvalue weighted by Crippen LogP contribution is 2.27. The molecule has 0 N–H and O–H groups in total. The first-order valence-electron chi connectivity index (χ1n) is 8.37. The summed E-state index contributed by atoms with van der Waals surface area (Å²) >= 11 is 0. The molecule has 0 spiro atoms. The van der Waals surface area contributed by atoms with Crippen molar-refractivity contribution in [3.05, 3.63) is 33.9 Å². The summed E-state index contributed by atoms with van der Waals surface area (Å²) < 4.78 is 5.01. The minimum atomic E-state index is -0.806. The van der Waals surface area contributed by atoms with Crippen molar-refractivity contribution in [2.75, 3.05) is 51.8 Å². The molecular weight excluding hydrogens is 356 g/mol. The van der Waals surface area contributed by atoms with Crippen LogP contribution in [0.25, 0.3) is 0 Å². The second-order valence-electron chi connectivity index (χ2n) is 6.32. The number of nitro benzene ring substituents is 1. The molecule has 1 heterocycles. The van der Waals surface area contributed by atoms with E-state index in [2.05, 4.69) is 0 Å². The highest BCUT2D eigenvalue weighted by atomic mass is 16.6. The summed E-state index contributed by atoms with van der Waals surface area (Å²) in [7, 11) is 3.32. The molecule has 1 aromatic rings. The molecule has 0 atom stereocenters. The lowest BCUT2D eigenvalue weighted by molar-refractivity contribution is -0.384. The largest absolute Gasteiger partial charge is 0.452 e. The smallest absolute Gasteiger partial charge is 0.338 e. The van der Waals surface area contributed by atoms with Crippen LogP contribution in [0, 0.1) is 10.1 Å². The third-order valence-corrected chi connectivity index (χ3v) is 4.29. The number of nitro groups is 1. The lowest BCUT2D eigenvalue weighted by atomic mass is 10.1. The van der Waals surface area contributed by atoms with Gasteiger partial charge in [-0.25, -0.2) is 4.79 Å². The molecule has 1 aliphatic rings. The number of hydrogen-bond acceptors (Lipinski definition) is 7. The zero-order chi connectivity index (χ0) is 20.1. The minimum absolute atomic E-state index is 0.00139. The molecule has 10 nitrogen and oxygen atoms in total. The van der Waals surface area contributed by atoms with Crippen LogP contribution in [0.15, 0.2) is 18.2 Å². The number of hydrogen-bond donors (Lipinski definition) is 0. The van der Waals surface area contributed by atoms with E-state index in [1.807, 2.05) is 0 Å². The third-order valence-electron chi connectivity index (χ3n) is 4.29. The minimum Gasteiger partial charge on any atom is -0.452 e. The van der Waals surface area contributed by atoms with Crippen molar-refractivity contribution in [3.63, 3.8) is 0 Å². The highest BCUT2D eigenvalue weighted by molar-refractivity contribution is 5.93. The SMILES string of the molecule is CC(=O)N1CCN(C(=O)COC(=O)c2ccc(N(C)C)c([N+](=O)[O-])c2)CC1. The Hall–Kier alpha value is -3.17. The molecule has 0 saturated carbocycles. The Bertz CT molecular complexity index is 756. The van der Waals surface area contributed by atoms with Crippen molar-refractivity contribution in [2.24, 2.45) is 0 Å². The van der Waals surface area contributed by atoms with Gasteiger partial charge in [-0.2, -0.15) is 0 Å². The van der Waals surface area contributed by atoms with Crippen molar-refractivity contribution in [1.82, 2.24) is 9.80 Å². The Balaban J connectivity index is 1.96. The molecule has 1 aromatic carbocycles. The van der Waals surface area contributed by atoms with Crippen molar-refractivity contribution < 1.29 is 24.0 Å². The fraction of sp³-hybridized carbons (Fsp3) is 0.471. The van der Waals surface area contributed by atoms with E-state index >= 15 is 0 Å². The Morgan fingerprint density at radius 1 is 1.15 bits per heavy atom. The van der Waals surface area contributed by atoms with Crippen molar-refractivity contribution in [3.8, 4) is 0 Å². The number of rotatable bonds is 5. The number of carbonyl (C=O) groups is 3. The fourth-order valence-electron chi connectivity index (χ4n) is 2.75. The van der Waals surface area contributed by atoms with Gasteiger partial charge in [-0.1, -0.05) is 0 Å². The molecule has 0 radical (unpaired) electrons. The van der Waals surface area contributed by atoms with Gasteiger partial charge in [-0.15, -0.1) is 0 Å². The molecule has 0 unspecified atom stereocenters. The molecule has 146 valence electrons. The maximum atomic E-state index is 12.2. The van der Waals surface area contributed by atoms with E-state index < -0.39 is 17.5 Å². The number of esters is 1. The average Bonchev–Trinajstić information content (AvgIpc) is 2.65. The van der Waals surface area contributed by atoms with Crippen LogP contribution in [0.2, 0.25) is 0 Å². The van der Waals surface area contributed by atoms with Gasteiger partial charge in [0.1, 0.15) is 5.69 Å². The summed E-state index contributed by atoms with van der Waals surface area (Å²) in [6.07, 6.45) is 0. The number of carbonyl (C=O) groups excluding carboxylic acids is 3. The van der Waals surface area contributed by atoms with Gasteiger partial charge in [0.25, 0.3) is 11.6 Å². The van der Waals surface area contributed by atoms with Gasteiger partial charge < -0.3 is 19.4 Å². The van der Waals surface area contributed by atoms with E-state index in [1.54, 1.807) is 23.9 Å². The molecular formula is C17H22N4O6. The normalized spacial score (nSPS) is 13.9. The zero-order valence-electron chi connectivity index (χ0n) is 15.5. The molecule has 0 bridgehead atoms. The van der Waals surface area contributed by atoms with Crippen LogP contribution in [0.3, 0.4) is 0 Å². The molecule has 0 aromatic heterocycles. The third kappa shape index (κ3) is 4.93. The van der Waals surface area contributed by atoms with E-state index in [1.165, 1.54) is 24.0 Å². The van der Waals surface area contributed by atoms with Crippen LogP contribution in [0.5, 0.6) is 0 Å². The van der Waals surface area contributed by atoms with Crippen molar-refractivity contribution in [2.45, 2.75) is 6.92 Å². The lowest BCUT2D eigenvalue weighted by Crippen LogP contribution is -2.51. The summed E-state index contributed by atoms with van der Waals surface area (Å²) in [5, 5.41) is 11.2. The van der Waals surface area contributed by atoms with Gasteiger partial charge in [0, 0.05) is 53.3 Å². The van der Waals surface area contributed by atoms with Gasteiger partial charge in [-0.05, 0) is 12.1 Å². The van der Waals surface area contributed by atoms with Gasteiger partial charge in [-0.3, -0.25) is 19.7 Å². The number of benzene rings is 1. The van der Waals surface area contributed by atoms with E-state index in [0.717, 1.165) is 6.07 Å². The summed E-state index contributed by atoms with van der Waals surface area (Å²) in [4.78, 5) is 50.9. The van der Waals surface area contributed by atoms with Crippen LogP contribution in [-0.4, -0.2) is 79.4 Å². The molecule has 1 aliphatic heterocycles. The predicted octanol–water partition coefficient (Wildman–Crippen LogP) is 0.508. The summed E-state index contributed by atoms with van der Waals surface area (Å²) in [6, 6.07) is 4.01. The number of amides is 2. The second-order valence-corrected chi connectivity index (χ2v) is 6.32. The number of piperazine rings is 1. The molecule has 10 heteroatoms. The quantitative estimate of drug-likeness (QED) is 0.417. The van der Waals surface area contributed by atoms with E-state index in [4.69, 9.17) is 4.74 Å². The Morgan fingerprint density at radius 2 is 1.74 bits per heavy atom. The molecule has 2 rings (SSSR count). The first-order valence-corrected chi connectivity index (χ1v) is 8.37. The number of anilines is 1. The first kappa shape index (κ1) is 20.1. The highest BCUT2D eigenvalue weighted by Gasteiger charge is 2.24. The van der Waals surface area contributed by atoms with Gasteiger partial charge >= 0.3 is 5.97 Å². The summed E-state index contributed by atoms with van der Waals surface area (Å²) in [5.74, 6) is -1.22. The van der Waals surface area contributed by atoms with Gasteiger partial charge in [0.15, 0.2) is 6.61 Å². The summed E-state index contributed by atoms with van der Waals surface area (Å²) in [5.41, 5.74) is 0.138. The number of ether oxygens (including phenoxy) is 1. The van der Waals surface area contributed by atoms with Crippen molar-refractivity contribution >= 4 is 29.2 Å². The fourth-order valence-corrected chi connectivity index (χ4v) is 2.75. The Morgan fingerprint density at radius 3 is 2.26 bits per heavy atom. The van der Waals surface area contributed by atoms with Crippen molar-refractivity contribution in [1.29, 1.82) is 0 Å². The van der Waals surface area contributed by atoms with Crippen LogP contribution < -0.4 is 4.90 Å². The van der Waals surface area contributed by atoms with E-state index in [9.17, 15) is 24.5 Å².